The summed E-state index contributed by atoms with van der Waals surface area (Å²) in [6.45, 7) is 1.96. The number of aryl methyl sites for hydroxylation is 1. The Morgan fingerprint density at radius 2 is 1.78 bits per heavy atom. The largest absolute Gasteiger partial charge is 0.322 e. The fraction of sp³-hybridized carbons (Fsp3) is 0.0588. The first-order valence-corrected chi connectivity index (χ1v) is 7.81. The van der Waals surface area contributed by atoms with E-state index in [2.05, 4.69) is 20.3 Å². The Labute approximate surface area is 138 Å². The maximum Gasteiger partial charge on any atom is 0.255 e. The summed E-state index contributed by atoms with van der Waals surface area (Å²) in [5.74, 6) is -0.151. The van der Waals surface area contributed by atoms with Gasteiger partial charge in [0.15, 0.2) is 5.16 Å². The predicted octanol–water partition coefficient (Wildman–Crippen LogP) is 3.58. The molecule has 3 rings (SSSR count). The van der Waals surface area contributed by atoms with Crippen molar-refractivity contribution < 1.29 is 4.79 Å². The minimum absolute atomic E-state index is 0.151. The molecule has 0 saturated carbocycles. The Hall–Kier alpha value is -2.73. The maximum absolute atomic E-state index is 12.2. The van der Waals surface area contributed by atoms with E-state index in [4.69, 9.17) is 0 Å². The van der Waals surface area contributed by atoms with Gasteiger partial charge >= 0.3 is 0 Å². The lowest BCUT2D eigenvalue weighted by Crippen LogP contribution is -2.12. The molecule has 114 valence electrons. The van der Waals surface area contributed by atoms with Gasteiger partial charge in [-0.15, -0.1) is 0 Å². The molecule has 0 saturated heterocycles. The Kier molecular flexibility index (Phi) is 4.63. The van der Waals surface area contributed by atoms with Crippen LogP contribution in [0.25, 0.3) is 0 Å². The first-order valence-electron chi connectivity index (χ1n) is 6.99. The first-order chi connectivity index (χ1) is 11.2. The summed E-state index contributed by atoms with van der Waals surface area (Å²) >= 11 is 1.48. The molecule has 0 unspecified atom stereocenters. The number of hydrogen-bond acceptors (Lipinski definition) is 5. The van der Waals surface area contributed by atoms with E-state index in [-0.39, 0.29) is 5.91 Å². The first kappa shape index (κ1) is 15.2. The lowest BCUT2D eigenvalue weighted by Gasteiger charge is -2.10. The van der Waals surface area contributed by atoms with E-state index in [0.29, 0.717) is 10.7 Å². The van der Waals surface area contributed by atoms with Gasteiger partial charge in [-0.05, 0) is 60.6 Å². The van der Waals surface area contributed by atoms with Gasteiger partial charge in [0.05, 0.1) is 0 Å². The molecule has 0 bridgehead atoms. The Morgan fingerprint density at radius 1 is 1.04 bits per heavy atom. The average Bonchev–Trinajstić information content (AvgIpc) is 2.59. The van der Waals surface area contributed by atoms with Crippen molar-refractivity contribution >= 4 is 23.4 Å². The van der Waals surface area contributed by atoms with Crippen molar-refractivity contribution in [3.8, 4) is 0 Å². The van der Waals surface area contributed by atoms with Crippen LogP contribution in [-0.4, -0.2) is 20.9 Å². The van der Waals surface area contributed by atoms with Gasteiger partial charge in [-0.2, -0.15) is 0 Å². The number of rotatable bonds is 4. The van der Waals surface area contributed by atoms with Crippen molar-refractivity contribution in [2.75, 3.05) is 5.32 Å². The van der Waals surface area contributed by atoms with E-state index in [0.717, 1.165) is 16.1 Å². The molecule has 0 aliphatic rings. The van der Waals surface area contributed by atoms with Gasteiger partial charge in [-0.25, -0.2) is 9.97 Å². The van der Waals surface area contributed by atoms with Crippen LogP contribution in [0, 0.1) is 6.92 Å². The van der Waals surface area contributed by atoms with Crippen molar-refractivity contribution in [2.45, 2.75) is 17.0 Å². The summed E-state index contributed by atoms with van der Waals surface area (Å²) in [6.07, 6.45) is 6.62. The zero-order valence-electron chi connectivity index (χ0n) is 12.4. The molecule has 0 fully saturated rings. The smallest absolute Gasteiger partial charge is 0.255 e. The standard InChI is InChI=1S/C17H14N4OS/c1-12-11-14(23-17-19-7-2-8-20-17)3-4-15(12)21-16(22)13-5-9-18-10-6-13/h2-11H,1H3,(H,21,22). The summed E-state index contributed by atoms with van der Waals surface area (Å²) in [7, 11) is 0. The van der Waals surface area contributed by atoms with Gasteiger partial charge in [0.25, 0.3) is 5.91 Å². The fourth-order valence-electron chi connectivity index (χ4n) is 1.98. The van der Waals surface area contributed by atoms with E-state index in [1.807, 2.05) is 25.1 Å². The number of carbonyl (C=O) groups excluding carboxylic acids is 1. The number of benzene rings is 1. The molecule has 1 amide bonds. The second-order valence-electron chi connectivity index (χ2n) is 4.80. The molecule has 3 aromatic rings. The van der Waals surface area contributed by atoms with Crippen LogP contribution in [0.15, 0.2) is 71.2 Å². The van der Waals surface area contributed by atoms with Crippen molar-refractivity contribution in [3.05, 3.63) is 72.3 Å². The summed E-state index contributed by atoms with van der Waals surface area (Å²) in [5, 5.41) is 3.61. The van der Waals surface area contributed by atoms with Gasteiger partial charge in [0.1, 0.15) is 0 Å². The van der Waals surface area contributed by atoms with Gasteiger partial charge in [0, 0.05) is 40.9 Å². The van der Waals surface area contributed by atoms with Gasteiger partial charge < -0.3 is 5.32 Å². The third kappa shape index (κ3) is 3.92. The van der Waals surface area contributed by atoms with Crippen LogP contribution in [0.2, 0.25) is 0 Å². The highest BCUT2D eigenvalue weighted by Gasteiger charge is 2.08. The van der Waals surface area contributed by atoms with E-state index in [9.17, 15) is 4.79 Å². The Morgan fingerprint density at radius 3 is 2.48 bits per heavy atom. The minimum atomic E-state index is -0.151. The van der Waals surface area contributed by atoms with Gasteiger partial charge in [-0.1, -0.05) is 0 Å². The molecule has 23 heavy (non-hydrogen) atoms. The van der Waals surface area contributed by atoms with Crippen LogP contribution in [0.4, 0.5) is 5.69 Å². The predicted molar refractivity (Wildman–Crippen MR) is 89.5 cm³/mol. The molecule has 0 atom stereocenters. The van der Waals surface area contributed by atoms with Crippen molar-refractivity contribution in [1.29, 1.82) is 0 Å². The molecule has 2 heterocycles. The zero-order valence-corrected chi connectivity index (χ0v) is 13.2. The monoisotopic (exact) mass is 322 g/mol. The third-order valence-electron chi connectivity index (χ3n) is 3.14. The molecule has 0 aliphatic heterocycles. The van der Waals surface area contributed by atoms with E-state index < -0.39 is 0 Å². The van der Waals surface area contributed by atoms with Crippen LogP contribution in [0.1, 0.15) is 15.9 Å². The molecule has 5 nitrogen and oxygen atoms in total. The SMILES string of the molecule is Cc1cc(Sc2ncccn2)ccc1NC(=O)c1ccncc1. The molecular weight excluding hydrogens is 308 g/mol. The van der Waals surface area contributed by atoms with Crippen LogP contribution in [-0.2, 0) is 0 Å². The number of nitrogens with zero attached hydrogens (tertiary/aromatic N) is 3. The summed E-state index contributed by atoms with van der Waals surface area (Å²) in [5.41, 5.74) is 2.34. The van der Waals surface area contributed by atoms with E-state index in [1.54, 1.807) is 43.0 Å². The second kappa shape index (κ2) is 7.02. The number of amides is 1. The lowest BCUT2D eigenvalue weighted by atomic mass is 10.2. The lowest BCUT2D eigenvalue weighted by molar-refractivity contribution is 0.102. The molecule has 1 N–H and O–H groups in total. The number of anilines is 1. The third-order valence-corrected chi connectivity index (χ3v) is 4.02. The van der Waals surface area contributed by atoms with Crippen molar-refractivity contribution in [3.63, 3.8) is 0 Å². The molecule has 6 heteroatoms. The Balaban J connectivity index is 1.73. The number of carbonyl (C=O) groups is 1. The molecule has 0 radical (unpaired) electrons. The molecule has 0 aliphatic carbocycles. The Bertz CT molecular complexity index is 809. The average molecular weight is 322 g/mol. The summed E-state index contributed by atoms with van der Waals surface area (Å²) in [4.78, 5) is 25.5. The van der Waals surface area contributed by atoms with E-state index in [1.165, 1.54) is 11.8 Å². The number of pyridine rings is 1. The van der Waals surface area contributed by atoms with Crippen LogP contribution < -0.4 is 5.32 Å². The van der Waals surface area contributed by atoms with Crippen LogP contribution >= 0.6 is 11.8 Å². The zero-order chi connectivity index (χ0) is 16.1. The fourth-order valence-corrected chi connectivity index (χ4v) is 2.79. The van der Waals surface area contributed by atoms with Crippen LogP contribution in [0.3, 0.4) is 0 Å². The van der Waals surface area contributed by atoms with Gasteiger partial charge in [0.2, 0.25) is 0 Å². The second-order valence-corrected chi connectivity index (χ2v) is 5.84. The van der Waals surface area contributed by atoms with Crippen molar-refractivity contribution in [2.24, 2.45) is 0 Å². The number of hydrogen-bond donors (Lipinski definition) is 1. The van der Waals surface area contributed by atoms with E-state index >= 15 is 0 Å². The summed E-state index contributed by atoms with van der Waals surface area (Å²) in [6, 6.07) is 11.0. The highest BCUT2D eigenvalue weighted by atomic mass is 32.2. The summed E-state index contributed by atoms with van der Waals surface area (Å²) < 4.78 is 0. The van der Waals surface area contributed by atoms with Gasteiger partial charge in [-0.3, -0.25) is 9.78 Å². The molecular formula is C17H14N4OS. The minimum Gasteiger partial charge on any atom is -0.322 e. The van der Waals surface area contributed by atoms with Crippen molar-refractivity contribution in [1.82, 2.24) is 15.0 Å². The molecule has 1 aromatic carbocycles. The maximum atomic E-state index is 12.2. The number of aromatic nitrogens is 3. The number of nitrogens with one attached hydrogen (secondary N) is 1. The van der Waals surface area contributed by atoms with Crippen LogP contribution in [0.5, 0.6) is 0 Å². The normalized spacial score (nSPS) is 10.3. The highest BCUT2D eigenvalue weighted by molar-refractivity contribution is 7.99. The topological polar surface area (TPSA) is 67.8 Å². The molecule has 0 spiro atoms. The highest BCUT2D eigenvalue weighted by Crippen LogP contribution is 2.28. The quantitative estimate of drug-likeness (QED) is 0.744. The molecule has 2 aromatic heterocycles.